The lowest BCUT2D eigenvalue weighted by Gasteiger charge is -2.41. The van der Waals surface area contributed by atoms with Gasteiger partial charge in [-0.1, -0.05) is 55.4 Å². The molecule has 0 radical (unpaired) electrons. The van der Waals surface area contributed by atoms with Crippen molar-refractivity contribution in [1.82, 2.24) is 42.5 Å². The minimum Gasteiger partial charge on any atom is -0.389 e. The van der Waals surface area contributed by atoms with Gasteiger partial charge in [0.25, 0.3) is 11.8 Å². The molecule has 3 aliphatic heterocycles. The Kier molecular flexibility index (Phi) is 24.6. The van der Waals surface area contributed by atoms with E-state index in [-0.39, 0.29) is 63.5 Å². The van der Waals surface area contributed by atoms with Crippen LogP contribution in [0, 0.1) is 23.7 Å². The third-order valence-corrected chi connectivity index (χ3v) is 12.9. The average molecular weight is 1030 g/mol. The Morgan fingerprint density at radius 3 is 1.07 bits per heavy atom. The molecule has 3 rings (SSSR count). The number of nitrogens with two attached hydrogens (primary N) is 4. The van der Waals surface area contributed by atoms with Gasteiger partial charge in [-0.25, -0.2) is 0 Å². The quantitative estimate of drug-likeness (QED) is 0.0864. The Labute approximate surface area is 421 Å². The van der Waals surface area contributed by atoms with Crippen LogP contribution in [0.5, 0.6) is 0 Å². The molecule has 26 heteroatoms. The molecule has 72 heavy (non-hydrogen) atoms. The Morgan fingerprint density at radius 1 is 0.458 bits per heavy atom. The molecule has 16 atom stereocenters. The smallest absolute Gasteiger partial charge is 0.251 e. The molecule has 3 aliphatic rings. The fourth-order valence-corrected chi connectivity index (χ4v) is 8.63. The van der Waals surface area contributed by atoms with E-state index in [1.807, 2.05) is 0 Å². The number of rotatable bonds is 12. The summed E-state index contributed by atoms with van der Waals surface area (Å²) < 4.78 is 11.8. The summed E-state index contributed by atoms with van der Waals surface area (Å²) in [6, 6.07) is -10.7. The molecule has 26 nitrogen and oxygen atoms in total. The highest BCUT2D eigenvalue weighted by atomic mass is 16.5. The lowest BCUT2D eigenvalue weighted by Crippen LogP contribution is -2.68. The number of carbonyl (C=O) groups is 8. The molecule has 8 amide bonds. The first-order valence-corrected chi connectivity index (χ1v) is 25.1. The van der Waals surface area contributed by atoms with Crippen molar-refractivity contribution in [2.75, 3.05) is 26.2 Å². The number of fused-ring (bicyclic) bond motifs is 4. The van der Waals surface area contributed by atoms with Crippen molar-refractivity contribution in [3.8, 4) is 0 Å². The molecule has 0 aliphatic carbocycles. The van der Waals surface area contributed by atoms with Crippen molar-refractivity contribution >= 4 is 47.3 Å². The van der Waals surface area contributed by atoms with Crippen molar-refractivity contribution in [1.29, 1.82) is 0 Å². The highest BCUT2D eigenvalue weighted by Gasteiger charge is 2.48. The number of amides is 8. The summed E-state index contributed by atoms with van der Waals surface area (Å²) in [7, 11) is 0. The van der Waals surface area contributed by atoms with Crippen LogP contribution in [0.1, 0.15) is 93.9 Å². The van der Waals surface area contributed by atoms with Gasteiger partial charge in [0.1, 0.15) is 72.9 Å². The molecule has 0 aromatic carbocycles. The molecule has 3 saturated heterocycles. The van der Waals surface area contributed by atoms with E-state index in [0.29, 0.717) is 0 Å². The van der Waals surface area contributed by atoms with Gasteiger partial charge >= 0.3 is 0 Å². The van der Waals surface area contributed by atoms with Crippen molar-refractivity contribution < 1.29 is 68.3 Å². The van der Waals surface area contributed by atoms with Crippen LogP contribution in [0.4, 0.5) is 0 Å². The Bertz CT molecular complexity index is 1720. The van der Waals surface area contributed by atoms with Crippen LogP contribution in [0.2, 0.25) is 0 Å². The summed E-state index contributed by atoms with van der Waals surface area (Å²) in [4.78, 5) is 112. The lowest BCUT2D eigenvalue weighted by molar-refractivity contribution is -0.185. The Hall–Kier alpha value is -4.64. The minimum atomic E-state index is -1.75. The van der Waals surface area contributed by atoms with Crippen molar-refractivity contribution in [3.05, 3.63) is 0 Å². The number of aliphatic hydroxyl groups excluding tert-OH is 4. The van der Waals surface area contributed by atoms with E-state index >= 15 is 0 Å². The van der Waals surface area contributed by atoms with E-state index in [1.54, 1.807) is 55.4 Å². The maximum absolute atomic E-state index is 14.0. The molecule has 20 N–H and O–H groups in total. The zero-order valence-corrected chi connectivity index (χ0v) is 42.8. The minimum absolute atomic E-state index is 0.0105. The number of hydrogen-bond acceptors (Lipinski definition) is 18. The topological polar surface area (TPSA) is 436 Å². The number of carbonyl (C=O) groups excluding carboxylic acids is 8. The molecule has 3 fully saturated rings. The maximum Gasteiger partial charge on any atom is 0.251 e. The summed E-state index contributed by atoms with van der Waals surface area (Å²) in [6.45, 7) is 12.9. The number of aliphatic hydroxyl groups is 4. The van der Waals surface area contributed by atoms with Gasteiger partial charge in [0.05, 0.1) is 12.1 Å². The van der Waals surface area contributed by atoms with Gasteiger partial charge in [-0.2, -0.15) is 0 Å². The fourth-order valence-electron chi connectivity index (χ4n) is 8.63. The second-order valence-corrected chi connectivity index (χ2v) is 20.6. The molecular formula is C46H84N12O14. The summed E-state index contributed by atoms with van der Waals surface area (Å²) >= 11 is 0. The molecule has 0 saturated carbocycles. The molecule has 0 spiro atoms. The molecule has 3 heterocycles. The first-order valence-electron chi connectivity index (χ1n) is 25.1. The molecular weight excluding hydrogens is 945 g/mol. The first-order chi connectivity index (χ1) is 33.7. The predicted molar refractivity (Wildman–Crippen MR) is 260 cm³/mol. The van der Waals surface area contributed by atoms with Gasteiger partial charge in [-0.15, -0.1) is 0 Å². The monoisotopic (exact) mass is 1030 g/mol. The number of hydrogen-bond donors (Lipinski definition) is 16. The molecule has 0 aromatic heterocycles. The summed E-state index contributed by atoms with van der Waals surface area (Å²) in [5.74, 6) is -8.16. The number of ether oxygens (including phenoxy) is 2. The Balaban J connectivity index is 2.10. The van der Waals surface area contributed by atoms with E-state index in [2.05, 4.69) is 42.5 Å². The average Bonchev–Trinajstić information content (AvgIpc) is 3.31. The van der Waals surface area contributed by atoms with E-state index < -0.39 is 169 Å². The summed E-state index contributed by atoms with van der Waals surface area (Å²) in [6.07, 6.45) is -12.5. The van der Waals surface area contributed by atoms with Gasteiger partial charge in [-0.3, -0.25) is 38.4 Å². The third kappa shape index (κ3) is 17.2. The van der Waals surface area contributed by atoms with Crippen LogP contribution in [0.15, 0.2) is 0 Å². The summed E-state index contributed by atoms with van der Waals surface area (Å²) in [5.41, 5.74) is 24.0. The molecule has 4 bridgehead atoms. The second kappa shape index (κ2) is 28.7. The maximum atomic E-state index is 14.0. The molecule has 412 valence electrons. The number of nitrogens with one attached hydrogen (secondary N) is 8. The van der Waals surface area contributed by atoms with Crippen LogP contribution in [0.3, 0.4) is 0 Å². The van der Waals surface area contributed by atoms with Crippen LogP contribution in [0.25, 0.3) is 0 Å². The van der Waals surface area contributed by atoms with Crippen LogP contribution >= 0.6 is 0 Å². The lowest BCUT2D eigenvalue weighted by atomic mass is 9.92. The van der Waals surface area contributed by atoms with E-state index in [4.69, 9.17) is 32.4 Å². The van der Waals surface area contributed by atoms with Gasteiger partial charge in [0.15, 0.2) is 12.2 Å². The van der Waals surface area contributed by atoms with Gasteiger partial charge in [0, 0.05) is 13.1 Å². The normalized spacial score (nSPS) is 34.8. The fraction of sp³-hybridized carbons (Fsp3) is 0.826. The van der Waals surface area contributed by atoms with Crippen LogP contribution in [-0.4, -0.2) is 191 Å². The zero-order valence-electron chi connectivity index (χ0n) is 42.8. The van der Waals surface area contributed by atoms with Crippen molar-refractivity contribution in [2.24, 2.45) is 46.6 Å². The zero-order chi connectivity index (χ0) is 54.3. The van der Waals surface area contributed by atoms with Crippen LogP contribution in [-0.2, 0) is 47.8 Å². The van der Waals surface area contributed by atoms with Gasteiger partial charge < -0.3 is 95.4 Å². The summed E-state index contributed by atoms with van der Waals surface area (Å²) in [5, 5.41) is 65.1. The molecule has 0 unspecified atom stereocenters. The van der Waals surface area contributed by atoms with E-state index in [1.165, 1.54) is 0 Å². The van der Waals surface area contributed by atoms with Crippen LogP contribution < -0.4 is 65.5 Å². The van der Waals surface area contributed by atoms with Gasteiger partial charge in [-0.05, 0) is 75.3 Å². The van der Waals surface area contributed by atoms with Gasteiger partial charge in [0.2, 0.25) is 35.4 Å². The third-order valence-electron chi connectivity index (χ3n) is 12.9. The largest absolute Gasteiger partial charge is 0.389 e. The second-order valence-electron chi connectivity index (χ2n) is 20.6. The first kappa shape index (κ1) is 61.7. The SMILES string of the molecule is CC(C)C[C@@H]1NC(=O)[C@H](CCCN)NC(=O)[C@@H](C(C)C)NC(=O)[C@@H]2O[C@H](CNC(=O)[C@@H](CC(C)C)NC(=O)[C@H](CCCN)NC(=O)[C@H](C(C)C)NC(=O)[C@@H]3O[C@H](CNC1=O)[C@@H](O)[C@H](O)[C@H]3N)[C@@H](O)[C@H](O)[C@H]2N. The van der Waals surface area contributed by atoms with Crippen molar-refractivity contribution in [3.63, 3.8) is 0 Å². The van der Waals surface area contributed by atoms with E-state index in [9.17, 15) is 58.8 Å². The highest BCUT2D eigenvalue weighted by Crippen LogP contribution is 2.23. The standard InChI is InChI=1S/C46H84N12O14/c1-19(2)15-25-39(63)51-17-27-33(59)35(61)29(49)37(71-27)45(69)58-32(22(7)8)44(68)54-24(12-10-14-48)42(66)56-26(16-20(3)4)40(64)52-18-28-34(60)36(62)30(50)38(72-28)46(70)57-31(21(5)6)43(67)53-23(11-9-13-47)41(65)55-25/h19-38,59-62H,9-18,47-50H2,1-8H3,(H,51,63)(H,52,64)(H,53,67)(H,54,68)(H,55,65)(H,56,66)(H,57,70)(H,58,69)/t23-,24-,25-,26+,27+,28+,29+,30+,31+,32-,33+,34+,35+,36+,37+,38+/m0/s1. The van der Waals surface area contributed by atoms with E-state index in [0.717, 1.165) is 0 Å². The Morgan fingerprint density at radius 2 is 0.778 bits per heavy atom. The predicted octanol–water partition coefficient (Wildman–Crippen LogP) is -6.34. The molecule has 0 aromatic rings. The highest BCUT2D eigenvalue weighted by molar-refractivity contribution is 5.96. The van der Waals surface area contributed by atoms with Crippen molar-refractivity contribution in [2.45, 2.75) is 191 Å².